The van der Waals surface area contributed by atoms with Gasteiger partial charge in [0.15, 0.2) is 11.8 Å². The Morgan fingerprint density at radius 1 is 1.28 bits per heavy atom. The normalized spacial score (nSPS) is 11.2. The van der Waals surface area contributed by atoms with Gasteiger partial charge in [-0.1, -0.05) is 35.5 Å². The predicted molar refractivity (Wildman–Crippen MR) is 124 cm³/mol. The summed E-state index contributed by atoms with van der Waals surface area (Å²) in [6.45, 7) is 6.01. The lowest BCUT2D eigenvalue weighted by molar-refractivity contribution is 0.372. The molecule has 8 nitrogen and oxygen atoms in total. The van der Waals surface area contributed by atoms with E-state index in [2.05, 4.69) is 49.4 Å². The van der Waals surface area contributed by atoms with Crippen LogP contribution in [0.1, 0.15) is 30.9 Å². The van der Waals surface area contributed by atoms with Crippen LogP contribution >= 0.6 is 24.0 Å². The van der Waals surface area contributed by atoms with Gasteiger partial charge in [0.1, 0.15) is 5.82 Å². The molecule has 0 amide bonds. The molecule has 1 aromatic carbocycles. The number of rotatable bonds is 8. The topological polar surface area (TPSA) is 95.2 Å². The number of nitrogens with zero attached hydrogens (tertiary/aromatic N) is 5. The molecule has 156 valence electrons. The van der Waals surface area contributed by atoms with Crippen molar-refractivity contribution in [3.8, 4) is 11.3 Å². The summed E-state index contributed by atoms with van der Waals surface area (Å²) in [6, 6.07) is 10.2. The first-order valence-corrected chi connectivity index (χ1v) is 9.53. The Morgan fingerprint density at radius 3 is 2.76 bits per heavy atom. The van der Waals surface area contributed by atoms with Crippen molar-refractivity contribution in [2.24, 2.45) is 4.99 Å². The maximum absolute atomic E-state index is 5.14. The Hall–Kier alpha value is -2.43. The van der Waals surface area contributed by atoms with E-state index in [0.717, 1.165) is 42.4 Å². The predicted octanol–water partition coefficient (Wildman–Crippen LogP) is 3.42. The quantitative estimate of drug-likeness (QED) is 0.209. The molecule has 0 aliphatic carbocycles. The highest BCUT2D eigenvalue weighted by atomic mass is 127. The second kappa shape index (κ2) is 11.5. The van der Waals surface area contributed by atoms with Gasteiger partial charge in [-0.3, -0.25) is 4.99 Å². The molecule has 3 aromatic rings. The van der Waals surface area contributed by atoms with E-state index in [1.54, 1.807) is 0 Å². The molecular formula is C20H28IN7O. The van der Waals surface area contributed by atoms with Crippen molar-refractivity contribution in [2.45, 2.75) is 33.2 Å². The number of halogens is 1. The lowest BCUT2D eigenvalue weighted by Crippen LogP contribution is -2.38. The number of benzene rings is 1. The van der Waals surface area contributed by atoms with Crippen LogP contribution in [0.15, 0.2) is 46.0 Å². The number of aromatic amines is 1. The number of H-pyrrole nitrogens is 1. The number of nitrogens with one attached hydrogen (secondary N) is 2. The summed E-state index contributed by atoms with van der Waals surface area (Å²) in [5.41, 5.74) is 2.14. The Labute approximate surface area is 188 Å². The zero-order valence-electron chi connectivity index (χ0n) is 17.1. The van der Waals surface area contributed by atoms with E-state index in [9.17, 15) is 0 Å². The van der Waals surface area contributed by atoms with E-state index in [1.165, 1.54) is 0 Å². The minimum atomic E-state index is 0. The monoisotopic (exact) mass is 509 g/mol. The van der Waals surface area contributed by atoms with Crippen molar-refractivity contribution in [3.63, 3.8) is 0 Å². The largest absolute Gasteiger partial charge is 0.357 e. The molecule has 0 aliphatic heterocycles. The zero-order valence-corrected chi connectivity index (χ0v) is 19.4. The Balaban J connectivity index is 0.00000300. The summed E-state index contributed by atoms with van der Waals surface area (Å²) in [4.78, 5) is 18.9. The average Bonchev–Trinajstić information content (AvgIpc) is 3.34. The second-order valence-corrected chi connectivity index (χ2v) is 6.54. The fourth-order valence-corrected chi connectivity index (χ4v) is 2.83. The molecule has 0 fully saturated rings. The third-order valence-corrected chi connectivity index (χ3v) is 4.18. The van der Waals surface area contributed by atoms with Crippen molar-refractivity contribution < 1.29 is 4.52 Å². The first kappa shape index (κ1) is 22.9. The maximum Gasteiger partial charge on any atom is 0.226 e. The summed E-state index contributed by atoms with van der Waals surface area (Å²) in [5, 5.41) is 7.13. The van der Waals surface area contributed by atoms with Crippen molar-refractivity contribution in [3.05, 3.63) is 54.1 Å². The molecule has 0 saturated heterocycles. The van der Waals surface area contributed by atoms with Gasteiger partial charge in [0.2, 0.25) is 5.89 Å². The number of imidazole rings is 1. The second-order valence-electron chi connectivity index (χ2n) is 6.54. The summed E-state index contributed by atoms with van der Waals surface area (Å²) in [7, 11) is 2.01. The Bertz CT molecular complexity index is 891. The summed E-state index contributed by atoms with van der Waals surface area (Å²) >= 11 is 0. The third kappa shape index (κ3) is 6.84. The molecule has 2 N–H and O–H groups in total. The first-order valence-electron chi connectivity index (χ1n) is 9.53. The lowest BCUT2D eigenvalue weighted by Gasteiger charge is -2.21. The van der Waals surface area contributed by atoms with Crippen LogP contribution < -0.4 is 5.32 Å². The van der Waals surface area contributed by atoms with Gasteiger partial charge in [-0.25, -0.2) is 4.98 Å². The van der Waals surface area contributed by atoms with Crippen molar-refractivity contribution in [1.29, 1.82) is 0 Å². The number of hydrogen-bond donors (Lipinski definition) is 2. The molecule has 0 atom stereocenters. The molecular weight excluding hydrogens is 481 g/mol. The molecule has 2 aromatic heterocycles. The number of hydrogen-bond acceptors (Lipinski definition) is 5. The van der Waals surface area contributed by atoms with Crippen LogP contribution in [0.3, 0.4) is 0 Å². The lowest BCUT2D eigenvalue weighted by atomic mass is 10.2. The number of aryl methyl sites for hydroxylation is 2. The molecule has 3 rings (SSSR count). The van der Waals surface area contributed by atoms with E-state index < -0.39 is 0 Å². The molecule has 29 heavy (non-hydrogen) atoms. The highest BCUT2D eigenvalue weighted by Crippen LogP contribution is 2.16. The van der Waals surface area contributed by atoms with Crippen LogP contribution in [0.25, 0.3) is 11.3 Å². The van der Waals surface area contributed by atoms with Crippen molar-refractivity contribution >= 4 is 29.9 Å². The fourth-order valence-electron chi connectivity index (χ4n) is 2.83. The van der Waals surface area contributed by atoms with Gasteiger partial charge in [-0.05, 0) is 25.8 Å². The van der Waals surface area contributed by atoms with Crippen LogP contribution in [-0.4, -0.2) is 51.1 Å². The van der Waals surface area contributed by atoms with E-state index in [-0.39, 0.29) is 24.0 Å². The number of aromatic nitrogens is 4. The minimum absolute atomic E-state index is 0. The van der Waals surface area contributed by atoms with E-state index in [1.807, 2.05) is 38.4 Å². The smallest absolute Gasteiger partial charge is 0.226 e. The van der Waals surface area contributed by atoms with Crippen LogP contribution in [-0.2, 0) is 13.0 Å². The first-order chi connectivity index (χ1) is 13.7. The van der Waals surface area contributed by atoms with Gasteiger partial charge < -0.3 is 19.7 Å². The molecule has 0 aliphatic rings. The summed E-state index contributed by atoms with van der Waals surface area (Å²) in [6.07, 6.45) is 3.45. The number of aliphatic imine (C=N–C) groups is 1. The maximum atomic E-state index is 5.14. The summed E-state index contributed by atoms with van der Waals surface area (Å²) < 4.78 is 5.14. The van der Waals surface area contributed by atoms with Crippen molar-refractivity contribution in [1.82, 2.24) is 30.3 Å². The van der Waals surface area contributed by atoms with Gasteiger partial charge in [0.05, 0.1) is 18.4 Å². The van der Waals surface area contributed by atoms with Crippen molar-refractivity contribution in [2.75, 3.05) is 20.1 Å². The van der Waals surface area contributed by atoms with Gasteiger partial charge in [0, 0.05) is 26.6 Å². The SMILES string of the molecule is CCNC(=NCCCc1nc(C)no1)N(C)Cc1ncc(-c2ccccc2)[nH]1.I. The van der Waals surface area contributed by atoms with Crippen LogP contribution in [0.2, 0.25) is 0 Å². The molecule has 0 radical (unpaired) electrons. The van der Waals surface area contributed by atoms with Gasteiger partial charge >= 0.3 is 0 Å². The van der Waals surface area contributed by atoms with Gasteiger partial charge in [-0.15, -0.1) is 24.0 Å². The van der Waals surface area contributed by atoms with E-state index in [4.69, 9.17) is 9.52 Å². The van der Waals surface area contributed by atoms with E-state index in [0.29, 0.717) is 24.8 Å². The molecule has 0 saturated carbocycles. The van der Waals surface area contributed by atoms with Crippen LogP contribution in [0.4, 0.5) is 0 Å². The molecule has 0 spiro atoms. The zero-order chi connectivity index (χ0) is 19.8. The molecule has 0 unspecified atom stereocenters. The van der Waals surface area contributed by atoms with Gasteiger partial charge in [-0.2, -0.15) is 4.98 Å². The van der Waals surface area contributed by atoms with Crippen LogP contribution in [0.5, 0.6) is 0 Å². The fraction of sp³-hybridized carbons (Fsp3) is 0.400. The molecule has 2 heterocycles. The molecule has 9 heteroatoms. The molecule has 0 bridgehead atoms. The Morgan fingerprint density at radius 2 is 2.07 bits per heavy atom. The minimum Gasteiger partial charge on any atom is -0.357 e. The standard InChI is InChI=1S/C20H27N7O.HI/c1-4-21-20(22-12-8-11-19-24-15(2)26-28-19)27(3)14-18-23-13-17(25-18)16-9-6-5-7-10-16;/h5-7,9-10,13H,4,8,11-12,14H2,1-3H3,(H,21,22)(H,23,25);1H. The number of guanidine groups is 1. The average molecular weight is 509 g/mol. The van der Waals surface area contributed by atoms with Crippen LogP contribution in [0, 0.1) is 6.92 Å². The third-order valence-electron chi connectivity index (χ3n) is 4.18. The van der Waals surface area contributed by atoms with Gasteiger partial charge in [0.25, 0.3) is 0 Å². The highest BCUT2D eigenvalue weighted by molar-refractivity contribution is 14.0. The highest BCUT2D eigenvalue weighted by Gasteiger charge is 2.10. The van der Waals surface area contributed by atoms with E-state index >= 15 is 0 Å². The Kier molecular flexibility index (Phi) is 9.10. The summed E-state index contributed by atoms with van der Waals surface area (Å²) in [5.74, 6) is 3.07.